The Bertz CT molecular complexity index is 915. The van der Waals surface area contributed by atoms with Crippen molar-refractivity contribution in [2.45, 2.75) is 12.6 Å². The summed E-state index contributed by atoms with van der Waals surface area (Å²) < 4.78 is 0. The highest BCUT2D eigenvalue weighted by atomic mass is 16.4. The third-order valence-electron chi connectivity index (χ3n) is 5.47. The Morgan fingerprint density at radius 2 is 1.79 bits per heavy atom. The van der Waals surface area contributed by atoms with Crippen LogP contribution >= 0.6 is 0 Å². The van der Waals surface area contributed by atoms with Crippen LogP contribution in [0.5, 0.6) is 11.5 Å². The largest absolute Gasteiger partial charge is 0.508 e. The molecule has 2 heterocycles. The lowest BCUT2D eigenvalue weighted by molar-refractivity contribution is 0.0697. The van der Waals surface area contributed by atoms with E-state index in [1.54, 1.807) is 35.2 Å². The van der Waals surface area contributed by atoms with E-state index in [1.165, 1.54) is 12.1 Å². The van der Waals surface area contributed by atoms with Gasteiger partial charge in [0.2, 0.25) is 0 Å². The summed E-state index contributed by atoms with van der Waals surface area (Å²) >= 11 is 0. The van der Waals surface area contributed by atoms with Crippen molar-refractivity contribution in [3.8, 4) is 11.5 Å². The summed E-state index contributed by atoms with van der Waals surface area (Å²) in [6.07, 6.45) is 0. The van der Waals surface area contributed by atoms with Crippen molar-refractivity contribution in [2.75, 3.05) is 24.5 Å². The topological polar surface area (TPSA) is 113 Å². The predicted molar refractivity (Wildman–Crippen MR) is 102 cm³/mol. The van der Waals surface area contributed by atoms with E-state index in [9.17, 15) is 19.8 Å². The molecule has 0 bridgehead atoms. The predicted octanol–water partition coefficient (Wildman–Crippen LogP) is 1.83. The van der Waals surface area contributed by atoms with E-state index >= 15 is 0 Å². The molecule has 2 atom stereocenters. The lowest BCUT2D eigenvalue weighted by Crippen LogP contribution is -2.55. The summed E-state index contributed by atoms with van der Waals surface area (Å²) in [6.45, 7) is 2.28. The number of rotatable bonds is 4. The fourth-order valence-electron chi connectivity index (χ4n) is 3.88. The van der Waals surface area contributed by atoms with Crippen LogP contribution in [-0.4, -0.2) is 57.9 Å². The van der Waals surface area contributed by atoms with Crippen LogP contribution in [0.1, 0.15) is 15.9 Å². The summed E-state index contributed by atoms with van der Waals surface area (Å²) in [5.74, 6) is -0.638. The Morgan fingerprint density at radius 3 is 2.46 bits per heavy atom. The normalized spacial score (nSPS) is 20.4. The quantitative estimate of drug-likeness (QED) is 0.641. The Hall–Kier alpha value is -3.42. The first-order valence-corrected chi connectivity index (χ1v) is 9.06. The first-order valence-electron chi connectivity index (χ1n) is 9.06. The van der Waals surface area contributed by atoms with E-state index < -0.39 is 5.97 Å². The second-order valence-electron chi connectivity index (χ2n) is 7.21. The van der Waals surface area contributed by atoms with Gasteiger partial charge in [-0.2, -0.15) is 0 Å². The minimum Gasteiger partial charge on any atom is -0.508 e. The lowest BCUT2D eigenvalue weighted by atomic mass is 9.91. The van der Waals surface area contributed by atoms with Crippen LogP contribution in [0.4, 0.5) is 10.5 Å². The maximum absolute atomic E-state index is 12.5. The Morgan fingerprint density at radius 1 is 1.04 bits per heavy atom. The van der Waals surface area contributed by atoms with Crippen molar-refractivity contribution >= 4 is 17.7 Å². The Kier molecular flexibility index (Phi) is 4.46. The first kappa shape index (κ1) is 18.0. The number of urea groups is 1. The molecule has 2 saturated heterocycles. The molecule has 0 radical (unpaired) electrons. The number of benzene rings is 2. The van der Waals surface area contributed by atoms with Crippen LogP contribution in [-0.2, 0) is 6.54 Å². The highest BCUT2D eigenvalue weighted by Crippen LogP contribution is 2.36. The average Bonchev–Trinajstić information content (AvgIpc) is 2.98. The number of anilines is 1. The van der Waals surface area contributed by atoms with E-state index in [1.807, 2.05) is 0 Å². The molecule has 2 aliphatic heterocycles. The van der Waals surface area contributed by atoms with Crippen molar-refractivity contribution < 1.29 is 24.9 Å². The summed E-state index contributed by atoms with van der Waals surface area (Å²) in [4.78, 5) is 27.4. The zero-order valence-corrected chi connectivity index (χ0v) is 15.1. The molecule has 4 rings (SSSR count). The zero-order chi connectivity index (χ0) is 19.8. The van der Waals surface area contributed by atoms with Gasteiger partial charge in [-0.25, -0.2) is 9.59 Å². The summed E-state index contributed by atoms with van der Waals surface area (Å²) in [5, 5.41) is 30.9. The van der Waals surface area contributed by atoms with Gasteiger partial charge in [0, 0.05) is 49.4 Å². The fourth-order valence-corrected chi connectivity index (χ4v) is 3.88. The molecular formula is C20H21N3O5. The minimum atomic E-state index is -0.948. The van der Waals surface area contributed by atoms with Gasteiger partial charge in [0.1, 0.15) is 11.5 Å². The Balaban J connectivity index is 1.33. The number of aromatic hydroxyl groups is 2. The Labute approximate surface area is 161 Å². The molecule has 4 N–H and O–H groups in total. The molecule has 0 aliphatic carbocycles. The number of nitrogens with one attached hydrogen (secondary N) is 1. The van der Waals surface area contributed by atoms with E-state index in [0.29, 0.717) is 24.6 Å². The van der Waals surface area contributed by atoms with Gasteiger partial charge in [-0.3, -0.25) is 0 Å². The molecule has 146 valence electrons. The summed E-state index contributed by atoms with van der Waals surface area (Å²) in [5.41, 5.74) is 1.75. The van der Waals surface area contributed by atoms with Crippen LogP contribution in [0.2, 0.25) is 0 Å². The van der Waals surface area contributed by atoms with Crippen LogP contribution < -0.4 is 10.2 Å². The van der Waals surface area contributed by atoms with Gasteiger partial charge >= 0.3 is 12.0 Å². The number of carboxylic acids is 1. The number of phenols is 2. The molecule has 2 unspecified atom stereocenters. The van der Waals surface area contributed by atoms with Crippen LogP contribution in [0, 0.1) is 5.92 Å². The average molecular weight is 383 g/mol. The van der Waals surface area contributed by atoms with E-state index in [4.69, 9.17) is 5.11 Å². The molecule has 0 spiro atoms. The van der Waals surface area contributed by atoms with Crippen LogP contribution in [0.15, 0.2) is 42.5 Å². The zero-order valence-electron chi connectivity index (χ0n) is 15.1. The number of likely N-dealkylation sites (tertiary alicyclic amines) is 1. The monoisotopic (exact) mass is 383 g/mol. The minimum absolute atomic E-state index is 0.0276. The maximum Gasteiger partial charge on any atom is 0.335 e. The smallest absolute Gasteiger partial charge is 0.335 e. The third kappa shape index (κ3) is 3.28. The molecule has 2 aromatic rings. The molecular weight excluding hydrogens is 362 g/mol. The molecule has 8 nitrogen and oxygen atoms in total. The number of amides is 2. The summed E-state index contributed by atoms with van der Waals surface area (Å²) in [7, 11) is 0. The van der Waals surface area contributed by atoms with Crippen molar-refractivity contribution in [2.24, 2.45) is 5.92 Å². The highest BCUT2D eigenvalue weighted by Gasteiger charge is 2.46. The van der Waals surface area contributed by atoms with Gasteiger partial charge in [-0.15, -0.1) is 0 Å². The maximum atomic E-state index is 12.5. The van der Waals surface area contributed by atoms with Crippen molar-refractivity contribution in [1.82, 2.24) is 10.2 Å². The molecule has 2 amide bonds. The van der Waals surface area contributed by atoms with Crippen molar-refractivity contribution in [3.05, 3.63) is 53.6 Å². The first-order chi connectivity index (χ1) is 13.4. The molecule has 2 fully saturated rings. The second kappa shape index (κ2) is 6.95. The fraction of sp³-hybridized carbons (Fsp3) is 0.300. The van der Waals surface area contributed by atoms with Crippen LogP contribution in [0.25, 0.3) is 0 Å². The van der Waals surface area contributed by atoms with Gasteiger partial charge in [-0.05, 0) is 36.4 Å². The number of carbonyl (C=O) groups is 2. The highest BCUT2D eigenvalue weighted by molar-refractivity contribution is 5.88. The number of carbonyl (C=O) groups excluding carboxylic acids is 1. The van der Waals surface area contributed by atoms with Gasteiger partial charge in [0.25, 0.3) is 0 Å². The SMILES string of the molecule is O=C(O)c1ccc(N2CC3CN(C(=O)NCc4ccc(O)cc4O)CC32)cc1. The molecule has 8 heteroatoms. The molecule has 28 heavy (non-hydrogen) atoms. The van der Waals surface area contributed by atoms with E-state index in [2.05, 4.69) is 10.2 Å². The van der Waals surface area contributed by atoms with Gasteiger partial charge < -0.3 is 30.4 Å². The number of phenolic OH excluding ortho intramolecular Hbond substituents is 2. The number of hydrogen-bond donors (Lipinski definition) is 4. The third-order valence-corrected chi connectivity index (χ3v) is 5.47. The number of aromatic carboxylic acids is 1. The molecule has 0 aromatic heterocycles. The van der Waals surface area contributed by atoms with Gasteiger partial charge in [0.05, 0.1) is 11.6 Å². The second-order valence-corrected chi connectivity index (χ2v) is 7.21. The van der Waals surface area contributed by atoms with E-state index in [-0.39, 0.29) is 35.7 Å². The molecule has 2 aliphatic rings. The van der Waals surface area contributed by atoms with Crippen molar-refractivity contribution in [3.63, 3.8) is 0 Å². The van der Waals surface area contributed by atoms with Gasteiger partial charge in [-0.1, -0.05) is 0 Å². The van der Waals surface area contributed by atoms with Crippen molar-refractivity contribution in [1.29, 1.82) is 0 Å². The summed E-state index contributed by atoms with van der Waals surface area (Å²) in [6, 6.07) is 11.1. The lowest BCUT2D eigenvalue weighted by Gasteiger charge is -2.45. The number of nitrogens with zero attached hydrogens (tertiary/aromatic N) is 2. The molecule has 2 aromatic carbocycles. The number of fused-ring (bicyclic) bond motifs is 1. The standard InChI is InChI=1S/C20H21N3O5/c24-16-6-3-13(18(25)7-16)8-21-20(28)22-9-14-10-23(17(14)11-22)15-4-1-12(2-5-15)19(26)27/h1-7,14,17,24-25H,8-11H2,(H,21,28)(H,26,27). The van der Waals surface area contributed by atoms with E-state index in [0.717, 1.165) is 12.2 Å². The molecule has 0 saturated carbocycles. The van der Waals surface area contributed by atoms with Crippen LogP contribution in [0.3, 0.4) is 0 Å². The van der Waals surface area contributed by atoms with Gasteiger partial charge in [0.15, 0.2) is 0 Å². The number of carboxylic acid groups (broad SMARTS) is 1. The number of hydrogen-bond acceptors (Lipinski definition) is 5.